The Kier molecular flexibility index (Phi) is 8.65. The number of amides is 2. The van der Waals surface area contributed by atoms with Crippen LogP contribution < -0.4 is 11.5 Å². The standard InChI is InChI=1S/C12H20F3N3O4/c13-12(14,15)11(22)18(9(19)5-1-2-6-16)8(10(20)21)4-3-7-17/h8H,1-7,16-17H2,(H,20,21). The van der Waals surface area contributed by atoms with Crippen LogP contribution in [0.25, 0.3) is 0 Å². The minimum atomic E-state index is -5.33. The summed E-state index contributed by atoms with van der Waals surface area (Å²) in [6.45, 7) is 0.259. The number of nitrogens with zero attached hydrogens (tertiary/aromatic N) is 1. The largest absolute Gasteiger partial charge is 0.480 e. The van der Waals surface area contributed by atoms with Gasteiger partial charge in [0.05, 0.1) is 0 Å². The van der Waals surface area contributed by atoms with Crippen molar-refractivity contribution in [3.8, 4) is 0 Å². The van der Waals surface area contributed by atoms with Crippen LogP contribution in [0.2, 0.25) is 0 Å². The zero-order valence-electron chi connectivity index (χ0n) is 11.9. The number of carboxylic acids is 1. The fraction of sp³-hybridized carbons (Fsp3) is 0.750. The first-order valence-corrected chi connectivity index (χ1v) is 6.73. The van der Waals surface area contributed by atoms with E-state index in [-0.39, 0.29) is 43.7 Å². The van der Waals surface area contributed by atoms with Gasteiger partial charge in [-0.2, -0.15) is 13.2 Å². The van der Waals surface area contributed by atoms with E-state index in [0.29, 0.717) is 6.42 Å². The SMILES string of the molecule is NCCCCC(=O)N(C(=O)C(F)(F)F)C(CCCN)C(=O)O. The smallest absolute Gasteiger partial charge is 0.471 e. The summed E-state index contributed by atoms with van der Waals surface area (Å²) >= 11 is 0. The van der Waals surface area contributed by atoms with Gasteiger partial charge in [0.25, 0.3) is 0 Å². The number of halogens is 3. The van der Waals surface area contributed by atoms with Gasteiger partial charge < -0.3 is 16.6 Å². The van der Waals surface area contributed by atoms with E-state index in [1.807, 2.05) is 0 Å². The van der Waals surface area contributed by atoms with Crippen molar-refractivity contribution in [3.05, 3.63) is 0 Å². The second kappa shape index (κ2) is 9.36. The molecule has 128 valence electrons. The summed E-state index contributed by atoms with van der Waals surface area (Å²) < 4.78 is 37.8. The molecular formula is C12H20F3N3O4. The third kappa shape index (κ3) is 6.39. The lowest BCUT2D eigenvalue weighted by Gasteiger charge is -2.28. The first-order valence-electron chi connectivity index (χ1n) is 6.73. The van der Waals surface area contributed by atoms with Crippen LogP contribution in [0.4, 0.5) is 13.2 Å². The first kappa shape index (κ1) is 20.3. The van der Waals surface area contributed by atoms with Crippen molar-refractivity contribution >= 4 is 17.8 Å². The zero-order chi connectivity index (χ0) is 17.3. The Labute approximate surface area is 125 Å². The molecule has 0 heterocycles. The maximum absolute atomic E-state index is 12.6. The molecular weight excluding hydrogens is 307 g/mol. The predicted molar refractivity (Wildman–Crippen MR) is 70.5 cm³/mol. The van der Waals surface area contributed by atoms with E-state index in [9.17, 15) is 27.6 Å². The van der Waals surface area contributed by atoms with Crippen LogP contribution in [-0.2, 0) is 14.4 Å². The van der Waals surface area contributed by atoms with Crippen molar-refractivity contribution in [2.45, 2.75) is 44.3 Å². The summed E-state index contributed by atoms with van der Waals surface area (Å²) in [4.78, 5) is 34.2. The van der Waals surface area contributed by atoms with Gasteiger partial charge in [0.2, 0.25) is 5.91 Å². The van der Waals surface area contributed by atoms with E-state index in [1.165, 1.54) is 0 Å². The van der Waals surface area contributed by atoms with E-state index in [1.54, 1.807) is 0 Å². The number of alkyl halides is 3. The van der Waals surface area contributed by atoms with Crippen LogP contribution in [-0.4, -0.2) is 53.1 Å². The summed E-state index contributed by atoms with van der Waals surface area (Å²) in [7, 11) is 0. The lowest BCUT2D eigenvalue weighted by molar-refractivity contribution is -0.192. The molecule has 0 aromatic heterocycles. The molecule has 0 saturated carbocycles. The molecule has 0 aromatic carbocycles. The van der Waals surface area contributed by atoms with E-state index in [2.05, 4.69) is 0 Å². The van der Waals surface area contributed by atoms with Gasteiger partial charge in [-0.05, 0) is 38.8 Å². The molecule has 0 rings (SSSR count). The van der Waals surface area contributed by atoms with Crippen LogP contribution in [0.1, 0.15) is 32.1 Å². The van der Waals surface area contributed by atoms with Gasteiger partial charge in [0, 0.05) is 6.42 Å². The molecule has 22 heavy (non-hydrogen) atoms. The number of carbonyl (C=O) groups excluding carboxylic acids is 2. The number of carboxylic acid groups (broad SMARTS) is 1. The minimum Gasteiger partial charge on any atom is -0.480 e. The lowest BCUT2D eigenvalue weighted by Crippen LogP contribution is -2.53. The number of hydrogen-bond acceptors (Lipinski definition) is 5. The Bertz CT molecular complexity index is 402. The van der Waals surface area contributed by atoms with E-state index < -0.39 is 30.0 Å². The molecule has 0 saturated heterocycles. The number of aliphatic carboxylic acids is 1. The number of unbranched alkanes of at least 4 members (excludes halogenated alkanes) is 1. The third-order valence-electron chi connectivity index (χ3n) is 2.85. The molecule has 0 radical (unpaired) electrons. The Balaban J connectivity index is 5.32. The Morgan fingerprint density at radius 3 is 2.00 bits per heavy atom. The van der Waals surface area contributed by atoms with Crippen molar-refractivity contribution in [1.29, 1.82) is 0 Å². The Morgan fingerprint density at radius 2 is 1.59 bits per heavy atom. The molecule has 0 fully saturated rings. The number of nitrogens with two attached hydrogens (primary N) is 2. The summed E-state index contributed by atoms with van der Waals surface area (Å²) in [5.41, 5.74) is 10.4. The number of rotatable bonds is 9. The van der Waals surface area contributed by atoms with Crippen molar-refractivity contribution in [1.82, 2.24) is 4.90 Å². The van der Waals surface area contributed by atoms with Crippen molar-refractivity contribution in [3.63, 3.8) is 0 Å². The van der Waals surface area contributed by atoms with E-state index in [0.717, 1.165) is 0 Å². The molecule has 2 amide bonds. The van der Waals surface area contributed by atoms with Crippen molar-refractivity contribution < 1.29 is 32.7 Å². The zero-order valence-corrected chi connectivity index (χ0v) is 11.9. The number of imide groups is 1. The first-order chi connectivity index (χ1) is 10.2. The van der Waals surface area contributed by atoms with Gasteiger partial charge in [-0.3, -0.25) is 14.5 Å². The van der Waals surface area contributed by atoms with Gasteiger partial charge in [0.1, 0.15) is 6.04 Å². The molecule has 0 bridgehead atoms. The fourth-order valence-electron chi connectivity index (χ4n) is 1.78. The predicted octanol–water partition coefficient (Wildman–Crippen LogP) is 0.225. The highest BCUT2D eigenvalue weighted by Gasteiger charge is 2.48. The molecule has 0 aliphatic heterocycles. The average molecular weight is 327 g/mol. The van der Waals surface area contributed by atoms with Gasteiger partial charge in [-0.1, -0.05) is 0 Å². The van der Waals surface area contributed by atoms with Crippen molar-refractivity contribution in [2.75, 3.05) is 13.1 Å². The fourth-order valence-corrected chi connectivity index (χ4v) is 1.78. The molecule has 0 aliphatic rings. The number of hydrogen-bond donors (Lipinski definition) is 3. The second-order valence-electron chi connectivity index (χ2n) is 4.60. The molecule has 1 unspecified atom stereocenters. The second-order valence-corrected chi connectivity index (χ2v) is 4.60. The summed E-state index contributed by atoms with van der Waals surface area (Å²) in [6.07, 6.45) is -5.45. The van der Waals surface area contributed by atoms with Crippen LogP contribution in [0.3, 0.4) is 0 Å². The minimum absolute atomic E-state index is 0.0270. The molecule has 10 heteroatoms. The van der Waals surface area contributed by atoms with Crippen LogP contribution in [0, 0.1) is 0 Å². The highest BCUT2D eigenvalue weighted by Crippen LogP contribution is 2.23. The van der Waals surface area contributed by atoms with E-state index in [4.69, 9.17) is 16.6 Å². The van der Waals surface area contributed by atoms with Gasteiger partial charge >= 0.3 is 18.1 Å². The number of carbonyl (C=O) groups is 3. The topological polar surface area (TPSA) is 127 Å². The molecule has 1 atom stereocenters. The van der Waals surface area contributed by atoms with Crippen LogP contribution in [0.15, 0.2) is 0 Å². The average Bonchev–Trinajstić information content (AvgIpc) is 2.41. The molecule has 0 aliphatic carbocycles. The maximum atomic E-state index is 12.6. The summed E-state index contributed by atoms with van der Waals surface area (Å²) in [5, 5.41) is 9.03. The Morgan fingerprint density at radius 1 is 1.05 bits per heavy atom. The quantitative estimate of drug-likeness (QED) is 0.520. The molecule has 0 spiro atoms. The van der Waals surface area contributed by atoms with E-state index >= 15 is 0 Å². The molecule has 0 aromatic rings. The van der Waals surface area contributed by atoms with Crippen molar-refractivity contribution in [2.24, 2.45) is 11.5 Å². The van der Waals surface area contributed by atoms with Gasteiger partial charge in [0.15, 0.2) is 0 Å². The summed E-state index contributed by atoms with van der Waals surface area (Å²) in [6, 6.07) is -1.89. The highest BCUT2D eigenvalue weighted by atomic mass is 19.4. The molecule has 7 nitrogen and oxygen atoms in total. The normalized spacial score (nSPS) is 12.8. The third-order valence-corrected chi connectivity index (χ3v) is 2.85. The van der Waals surface area contributed by atoms with Gasteiger partial charge in [-0.15, -0.1) is 0 Å². The lowest BCUT2D eigenvalue weighted by atomic mass is 10.1. The van der Waals surface area contributed by atoms with Crippen LogP contribution >= 0.6 is 0 Å². The monoisotopic (exact) mass is 327 g/mol. The highest BCUT2D eigenvalue weighted by molar-refractivity contribution is 6.01. The van der Waals surface area contributed by atoms with Crippen LogP contribution in [0.5, 0.6) is 0 Å². The maximum Gasteiger partial charge on any atom is 0.471 e. The summed E-state index contributed by atoms with van der Waals surface area (Å²) in [5.74, 6) is -5.34. The molecule has 5 N–H and O–H groups in total. The Hall–Kier alpha value is -1.68. The van der Waals surface area contributed by atoms with Gasteiger partial charge in [-0.25, -0.2) is 4.79 Å².